The SMILES string of the molecule is Cc1nc(OCC2CCNCC2)ccc1[N+](=O)[O-]. The fourth-order valence-corrected chi connectivity index (χ4v) is 2.06. The van der Waals surface area contributed by atoms with E-state index in [1.54, 1.807) is 13.0 Å². The zero-order valence-corrected chi connectivity index (χ0v) is 10.4. The summed E-state index contributed by atoms with van der Waals surface area (Å²) in [5.41, 5.74) is 0.423. The standard InChI is InChI=1S/C12H17N3O3/c1-9-11(15(16)17)2-3-12(14-9)18-8-10-4-6-13-7-5-10/h2-3,10,13H,4-8H2,1H3. The minimum atomic E-state index is -0.432. The molecule has 0 aromatic carbocycles. The van der Waals surface area contributed by atoms with Crippen molar-refractivity contribution >= 4 is 5.69 Å². The van der Waals surface area contributed by atoms with E-state index in [-0.39, 0.29) is 5.69 Å². The van der Waals surface area contributed by atoms with Gasteiger partial charge in [0.2, 0.25) is 5.88 Å². The van der Waals surface area contributed by atoms with E-state index in [9.17, 15) is 10.1 Å². The summed E-state index contributed by atoms with van der Waals surface area (Å²) in [5, 5.41) is 14.0. The highest BCUT2D eigenvalue weighted by atomic mass is 16.6. The molecule has 1 aliphatic heterocycles. The minimum absolute atomic E-state index is 0.0317. The van der Waals surface area contributed by atoms with E-state index in [1.807, 2.05) is 0 Å². The van der Waals surface area contributed by atoms with Gasteiger partial charge in [0.25, 0.3) is 5.69 Å². The lowest BCUT2D eigenvalue weighted by Gasteiger charge is -2.22. The molecule has 0 bridgehead atoms. The van der Waals surface area contributed by atoms with E-state index in [2.05, 4.69) is 10.3 Å². The zero-order valence-electron chi connectivity index (χ0n) is 10.4. The number of nitrogens with zero attached hydrogens (tertiary/aromatic N) is 2. The Hall–Kier alpha value is -1.69. The molecule has 0 unspecified atom stereocenters. The van der Waals surface area contributed by atoms with Crippen molar-refractivity contribution in [3.8, 4) is 5.88 Å². The number of aryl methyl sites for hydroxylation is 1. The summed E-state index contributed by atoms with van der Waals surface area (Å²) in [6.07, 6.45) is 2.21. The van der Waals surface area contributed by atoms with Crippen LogP contribution in [0.3, 0.4) is 0 Å². The second-order valence-corrected chi connectivity index (χ2v) is 4.52. The lowest BCUT2D eigenvalue weighted by molar-refractivity contribution is -0.385. The highest BCUT2D eigenvalue weighted by Gasteiger charge is 2.15. The smallest absolute Gasteiger partial charge is 0.290 e. The van der Waals surface area contributed by atoms with Crippen LogP contribution >= 0.6 is 0 Å². The van der Waals surface area contributed by atoms with E-state index in [1.165, 1.54) is 6.07 Å². The Balaban J connectivity index is 1.93. The molecule has 1 aliphatic rings. The topological polar surface area (TPSA) is 77.3 Å². The molecule has 0 spiro atoms. The average Bonchev–Trinajstić information content (AvgIpc) is 2.37. The van der Waals surface area contributed by atoms with Crippen LogP contribution in [0.2, 0.25) is 0 Å². The summed E-state index contributed by atoms with van der Waals surface area (Å²) in [6, 6.07) is 3.01. The molecule has 1 aromatic heterocycles. The number of nitro groups is 1. The number of pyridine rings is 1. The van der Waals surface area contributed by atoms with Gasteiger partial charge in [0.05, 0.1) is 11.5 Å². The molecule has 2 rings (SSSR count). The quantitative estimate of drug-likeness (QED) is 0.650. The van der Waals surface area contributed by atoms with E-state index in [4.69, 9.17) is 4.74 Å². The van der Waals surface area contributed by atoms with E-state index in [0.717, 1.165) is 25.9 Å². The van der Waals surface area contributed by atoms with Crippen LogP contribution in [0.4, 0.5) is 5.69 Å². The maximum Gasteiger partial charge on any atom is 0.290 e. The van der Waals surface area contributed by atoms with Gasteiger partial charge in [-0.25, -0.2) is 4.98 Å². The van der Waals surface area contributed by atoms with Crippen molar-refractivity contribution in [2.45, 2.75) is 19.8 Å². The maximum atomic E-state index is 10.7. The number of aromatic nitrogens is 1. The van der Waals surface area contributed by atoms with Crippen molar-refractivity contribution in [1.82, 2.24) is 10.3 Å². The molecule has 2 heterocycles. The Morgan fingerprint density at radius 1 is 1.50 bits per heavy atom. The van der Waals surface area contributed by atoms with Crippen LogP contribution in [0.15, 0.2) is 12.1 Å². The molecule has 1 N–H and O–H groups in total. The third-order valence-electron chi connectivity index (χ3n) is 3.15. The minimum Gasteiger partial charge on any atom is -0.477 e. The molecular weight excluding hydrogens is 234 g/mol. The maximum absolute atomic E-state index is 10.7. The van der Waals surface area contributed by atoms with E-state index in [0.29, 0.717) is 24.1 Å². The normalized spacial score (nSPS) is 16.5. The van der Waals surface area contributed by atoms with Gasteiger partial charge < -0.3 is 10.1 Å². The molecule has 1 saturated heterocycles. The summed E-state index contributed by atoms with van der Waals surface area (Å²) < 4.78 is 5.60. The van der Waals surface area contributed by atoms with Crippen molar-refractivity contribution in [3.05, 3.63) is 27.9 Å². The van der Waals surface area contributed by atoms with Crippen molar-refractivity contribution in [1.29, 1.82) is 0 Å². The molecule has 98 valence electrons. The van der Waals surface area contributed by atoms with Gasteiger partial charge in [-0.1, -0.05) is 0 Å². The van der Waals surface area contributed by atoms with Crippen molar-refractivity contribution in [3.63, 3.8) is 0 Å². The second kappa shape index (κ2) is 5.77. The molecule has 0 amide bonds. The molecule has 1 fully saturated rings. The molecule has 18 heavy (non-hydrogen) atoms. The zero-order chi connectivity index (χ0) is 13.0. The van der Waals surface area contributed by atoms with Crippen LogP contribution in [0.25, 0.3) is 0 Å². The Morgan fingerprint density at radius 3 is 2.83 bits per heavy atom. The molecule has 0 radical (unpaired) electrons. The number of piperidine rings is 1. The fourth-order valence-electron chi connectivity index (χ4n) is 2.06. The summed E-state index contributed by atoms with van der Waals surface area (Å²) in [5.74, 6) is 1.01. The lowest BCUT2D eigenvalue weighted by atomic mass is 9.99. The monoisotopic (exact) mass is 251 g/mol. The number of hydrogen-bond acceptors (Lipinski definition) is 5. The fraction of sp³-hybridized carbons (Fsp3) is 0.583. The van der Waals surface area contributed by atoms with Crippen LogP contribution in [0.5, 0.6) is 5.88 Å². The third-order valence-corrected chi connectivity index (χ3v) is 3.15. The number of rotatable bonds is 4. The first-order valence-electron chi connectivity index (χ1n) is 6.12. The van der Waals surface area contributed by atoms with Crippen LogP contribution < -0.4 is 10.1 Å². The van der Waals surface area contributed by atoms with Crippen LogP contribution in [0, 0.1) is 23.0 Å². The summed E-state index contributed by atoms with van der Waals surface area (Å²) in [4.78, 5) is 14.3. The van der Waals surface area contributed by atoms with Gasteiger partial charge in [0.15, 0.2) is 0 Å². The predicted octanol–water partition coefficient (Wildman–Crippen LogP) is 1.68. The Kier molecular flexibility index (Phi) is 4.09. The first-order valence-corrected chi connectivity index (χ1v) is 6.12. The van der Waals surface area contributed by atoms with Gasteiger partial charge in [-0.2, -0.15) is 0 Å². The van der Waals surface area contributed by atoms with Crippen LogP contribution in [0.1, 0.15) is 18.5 Å². The molecular formula is C12H17N3O3. The van der Waals surface area contributed by atoms with Crippen molar-refractivity contribution < 1.29 is 9.66 Å². The summed E-state index contributed by atoms with van der Waals surface area (Å²) >= 11 is 0. The highest BCUT2D eigenvalue weighted by Crippen LogP contribution is 2.20. The highest BCUT2D eigenvalue weighted by molar-refractivity contribution is 5.36. The number of nitrogens with one attached hydrogen (secondary N) is 1. The summed E-state index contributed by atoms with van der Waals surface area (Å²) in [7, 11) is 0. The Bertz CT molecular complexity index is 431. The van der Waals surface area contributed by atoms with Gasteiger partial charge in [-0.3, -0.25) is 10.1 Å². The van der Waals surface area contributed by atoms with Gasteiger partial charge in [-0.15, -0.1) is 0 Å². The molecule has 0 saturated carbocycles. The predicted molar refractivity (Wildman–Crippen MR) is 66.7 cm³/mol. The van der Waals surface area contributed by atoms with E-state index < -0.39 is 4.92 Å². The lowest BCUT2D eigenvalue weighted by Crippen LogP contribution is -2.30. The summed E-state index contributed by atoms with van der Waals surface area (Å²) in [6.45, 7) is 4.31. The Morgan fingerprint density at radius 2 is 2.22 bits per heavy atom. The number of hydrogen-bond donors (Lipinski definition) is 1. The van der Waals surface area contributed by atoms with Gasteiger partial charge in [0, 0.05) is 12.1 Å². The van der Waals surface area contributed by atoms with Gasteiger partial charge >= 0.3 is 0 Å². The molecule has 6 heteroatoms. The number of ether oxygens (including phenoxy) is 1. The van der Waals surface area contributed by atoms with Gasteiger partial charge in [-0.05, 0) is 38.8 Å². The molecule has 0 atom stereocenters. The van der Waals surface area contributed by atoms with E-state index >= 15 is 0 Å². The molecule has 1 aromatic rings. The first-order chi connectivity index (χ1) is 8.66. The molecule has 0 aliphatic carbocycles. The van der Waals surface area contributed by atoms with Crippen LogP contribution in [-0.2, 0) is 0 Å². The second-order valence-electron chi connectivity index (χ2n) is 4.52. The van der Waals surface area contributed by atoms with Crippen molar-refractivity contribution in [2.24, 2.45) is 5.92 Å². The Labute approximate surface area is 106 Å². The van der Waals surface area contributed by atoms with Gasteiger partial charge in [0.1, 0.15) is 5.69 Å². The average molecular weight is 251 g/mol. The third kappa shape index (κ3) is 3.16. The van der Waals surface area contributed by atoms with Crippen molar-refractivity contribution in [2.75, 3.05) is 19.7 Å². The van der Waals surface area contributed by atoms with Crippen LogP contribution in [-0.4, -0.2) is 29.6 Å². The largest absolute Gasteiger partial charge is 0.477 e. The molecule has 6 nitrogen and oxygen atoms in total. The first kappa shape index (κ1) is 12.8.